The Morgan fingerprint density at radius 1 is 1.27 bits per heavy atom. The number of amides is 1. The van der Waals surface area contributed by atoms with Crippen molar-refractivity contribution in [3.05, 3.63) is 52.6 Å². The Balaban J connectivity index is 2.58. The molecule has 7 nitrogen and oxygen atoms in total. The van der Waals surface area contributed by atoms with Crippen LogP contribution in [0.4, 0.5) is 11.4 Å². The molecule has 0 aromatic heterocycles. The first-order valence-corrected chi connectivity index (χ1v) is 6.51. The first kappa shape index (κ1) is 15.4. The molecule has 0 saturated heterocycles. The van der Waals surface area contributed by atoms with Crippen molar-refractivity contribution in [1.29, 1.82) is 0 Å². The third-order valence-electron chi connectivity index (χ3n) is 2.83. The average Bonchev–Trinajstić information content (AvgIpc) is 2.50. The van der Waals surface area contributed by atoms with Crippen LogP contribution in [0.15, 0.2) is 42.5 Å². The van der Waals surface area contributed by atoms with E-state index in [1.807, 2.05) is 0 Å². The first-order valence-electron chi connectivity index (χ1n) is 6.11. The summed E-state index contributed by atoms with van der Waals surface area (Å²) in [6.45, 7) is 0. The lowest BCUT2D eigenvalue weighted by molar-refractivity contribution is -0.384. The molecule has 0 saturated carbocycles. The van der Waals surface area contributed by atoms with Gasteiger partial charge in [0.15, 0.2) is 5.11 Å². The van der Waals surface area contributed by atoms with Crippen LogP contribution in [0, 0.1) is 10.1 Å². The molecule has 0 unspecified atom stereocenters. The summed E-state index contributed by atoms with van der Waals surface area (Å²) >= 11 is 4.89. The summed E-state index contributed by atoms with van der Waals surface area (Å²) in [5.74, 6) is -0.344. The van der Waals surface area contributed by atoms with Gasteiger partial charge in [-0.2, -0.15) is 0 Å². The van der Waals surface area contributed by atoms with Crippen molar-refractivity contribution >= 4 is 35.1 Å². The van der Waals surface area contributed by atoms with Gasteiger partial charge in [-0.1, -0.05) is 30.3 Å². The summed E-state index contributed by atoms with van der Waals surface area (Å²) in [4.78, 5) is 20.8. The first-order chi connectivity index (χ1) is 10.5. The number of hydrogen-bond donors (Lipinski definition) is 3. The normalized spacial score (nSPS) is 9.82. The minimum absolute atomic E-state index is 0.0312. The molecule has 3 N–H and O–H groups in total. The van der Waals surface area contributed by atoms with Gasteiger partial charge in [0.05, 0.1) is 16.7 Å². The summed E-state index contributed by atoms with van der Waals surface area (Å²) in [6.07, 6.45) is 0.389. The van der Waals surface area contributed by atoms with Crippen molar-refractivity contribution in [1.82, 2.24) is 5.32 Å². The van der Waals surface area contributed by atoms with Gasteiger partial charge in [-0.05, 0) is 17.8 Å². The van der Waals surface area contributed by atoms with Crippen LogP contribution < -0.4 is 10.6 Å². The predicted octanol–water partition coefficient (Wildman–Crippen LogP) is 2.41. The van der Waals surface area contributed by atoms with E-state index < -0.39 is 4.92 Å². The van der Waals surface area contributed by atoms with Gasteiger partial charge in [0.25, 0.3) is 5.69 Å². The largest absolute Gasteiger partial charge is 0.505 e. The van der Waals surface area contributed by atoms with Crippen LogP contribution in [-0.2, 0) is 4.79 Å². The standard InChI is InChI=1S/C14H11N3O4S/c18-8-15-14(22)16-13-11(9-4-2-1-3-5-9)6-10(17(20)21)7-12(13)19/h1-8,19H,(H2,15,16,18,22). The number of non-ortho nitro benzene ring substituents is 1. The van der Waals surface area contributed by atoms with Gasteiger partial charge >= 0.3 is 0 Å². The number of rotatable bonds is 4. The number of nitro benzene ring substituents is 1. The number of aromatic hydroxyl groups is 1. The second kappa shape index (κ2) is 6.64. The van der Waals surface area contributed by atoms with Crippen LogP contribution in [0.2, 0.25) is 0 Å². The molecule has 0 heterocycles. The number of phenols is 1. The maximum absolute atomic E-state index is 11.0. The summed E-state index contributed by atoms with van der Waals surface area (Å²) in [5, 5.41) is 25.9. The summed E-state index contributed by atoms with van der Waals surface area (Å²) in [5.41, 5.74) is 0.965. The molecule has 2 aromatic carbocycles. The molecule has 2 rings (SSSR count). The Labute approximate surface area is 130 Å². The molecule has 22 heavy (non-hydrogen) atoms. The van der Waals surface area contributed by atoms with Crippen LogP contribution in [0.5, 0.6) is 5.75 Å². The zero-order valence-electron chi connectivity index (χ0n) is 11.1. The number of carbonyl (C=O) groups is 1. The SMILES string of the molecule is O=CNC(=S)Nc1c(O)cc([N+](=O)[O-])cc1-c1ccccc1. The number of benzene rings is 2. The minimum Gasteiger partial charge on any atom is -0.505 e. The van der Waals surface area contributed by atoms with Gasteiger partial charge in [-0.15, -0.1) is 0 Å². The highest BCUT2D eigenvalue weighted by Gasteiger charge is 2.18. The molecule has 0 radical (unpaired) electrons. The molecule has 0 aliphatic rings. The minimum atomic E-state index is -0.599. The molecule has 0 fully saturated rings. The Kier molecular flexibility index (Phi) is 4.64. The fourth-order valence-electron chi connectivity index (χ4n) is 1.90. The highest BCUT2D eigenvalue weighted by atomic mass is 32.1. The molecule has 8 heteroatoms. The van der Waals surface area contributed by atoms with Crippen LogP contribution in [0.1, 0.15) is 0 Å². The zero-order chi connectivity index (χ0) is 16.1. The van der Waals surface area contributed by atoms with E-state index in [2.05, 4.69) is 10.6 Å². The van der Waals surface area contributed by atoms with Crippen LogP contribution in [0.25, 0.3) is 11.1 Å². The van der Waals surface area contributed by atoms with E-state index in [1.54, 1.807) is 30.3 Å². The van der Waals surface area contributed by atoms with Crippen molar-refractivity contribution in [2.24, 2.45) is 0 Å². The molecule has 0 atom stereocenters. The number of thiocarbonyl (C=S) groups is 1. The van der Waals surface area contributed by atoms with E-state index >= 15 is 0 Å². The molecule has 1 amide bonds. The molecular formula is C14H11N3O4S. The number of nitro groups is 1. The number of nitrogens with zero attached hydrogens (tertiary/aromatic N) is 1. The van der Waals surface area contributed by atoms with E-state index in [9.17, 15) is 20.0 Å². The van der Waals surface area contributed by atoms with Gasteiger partial charge in [-0.25, -0.2) is 0 Å². The molecule has 0 bridgehead atoms. The van der Waals surface area contributed by atoms with E-state index in [4.69, 9.17) is 12.2 Å². The monoisotopic (exact) mass is 317 g/mol. The highest BCUT2D eigenvalue weighted by molar-refractivity contribution is 7.80. The number of nitrogens with one attached hydrogen (secondary N) is 2. The summed E-state index contributed by atoms with van der Waals surface area (Å²) in [6, 6.07) is 11.1. The Hall–Kier alpha value is -3.00. The fraction of sp³-hybridized carbons (Fsp3) is 0. The van der Waals surface area contributed by atoms with Crippen molar-refractivity contribution in [3.63, 3.8) is 0 Å². The van der Waals surface area contributed by atoms with Crippen LogP contribution in [-0.4, -0.2) is 21.6 Å². The molecular weight excluding hydrogens is 306 g/mol. The maximum atomic E-state index is 11.0. The maximum Gasteiger partial charge on any atom is 0.273 e. The second-order valence-electron chi connectivity index (χ2n) is 4.23. The topological polar surface area (TPSA) is 104 Å². The summed E-state index contributed by atoms with van der Waals surface area (Å²) in [7, 11) is 0. The van der Waals surface area contributed by atoms with Gasteiger partial charge in [0, 0.05) is 11.6 Å². The predicted molar refractivity (Wildman–Crippen MR) is 85.6 cm³/mol. The van der Waals surface area contributed by atoms with Crippen molar-refractivity contribution in [2.45, 2.75) is 0 Å². The van der Waals surface area contributed by atoms with Crippen molar-refractivity contribution in [3.8, 4) is 16.9 Å². The van der Waals surface area contributed by atoms with Crippen molar-refractivity contribution < 1.29 is 14.8 Å². The van der Waals surface area contributed by atoms with E-state index in [-0.39, 0.29) is 22.2 Å². The van der Waals surface area contributed by atoms with E-state index in [1.165, 1.54) is 6.07 Å². The molecule has 0 aliphatic carbocycles. The van der Waals surface area contributed by atoms with E-state index in [0.717, 1.165) is 6.07 Å². The quantitative estimate of drug-likeness (QED) is 0.263. The number of carbonyl (C=O) groups excluding carboxylic acids is 1. The number of phenolic OH excluding ortho intramolecular Hbond substituents is 1. The Bertz CT molecular complexity index is 734. The smallest absolute Gasteiger partial charge is 0.273 e. The lowest BCUT2D eigenvalue weighted by Crippen LogP contribution is -2.27. The van der Waals surface area contributed by atoms with Gasteiger partial charge in [-0.3, -0.25) is 14.9 Å². The average molecular weight is 317 g/mol. The molecule has 2 aromatic rings. The lowest BCUT2D eigenvalue weighted by atomic mass is 10.0. The van der Waals surface area contributed by atoms with Crippen molar-refractivity contribution in [2.75, 3.05) is 5.32 Å². The Morgan fingerprint density at radius 3 is 2.55 bits per heavy atom. The lowest BCUT2D eigenvalue weighted by Gasteiger charge is -2.14. The molecule has 0 spiro atoms. The third-order valence-corrected chi connectivity index (χ3v) is 3.05. The van der Waals surface area contributed by atoms with Gasteiger partial charge in [0.1, 0.15) is 5.75 Å². The van der Waals surface area contributed by atoms with E-state index in [0.29, 0.717) is 17.5 Å². The molecule has 0 aliphatic heterocycles. The highest BCUT2D eigenvalue weighted by Crippen LogP contribution is 2.38. The fourth-order valence-corrected chi connectivity index (χ4v) is 2.05. The Morgan fingerprint density at radius 2 is 1.95 bits per heavy atom. The number of anilines is 1. The third kappa shape index (κ3) is 3.36. The van der Waals surface area contributed by atoms with Gasteiger partial charge < -0.3 is 15.7 Å². The zero-order valence-corrected chi connectivity index (χ0v) is 12.0. The van der Waals surface area contributed by atoms with Crippen LogP contribution >= 0.6 is 12.2 Å². The van der Waals surface area contributed by atoms with Crippen LogP contribution in [0.3, 0.4) is 0 Å². The number of hydrogen-bond acceptors (Lipinski definition) is 5. The molecule has 112 valence electrons. The summed E-state index contributed by atoms with van der Waals surface area (Å²) < 4.78 is 0. The van der Waals surface area contributed by atoms with Gasteiger partial charge in [0.2, 0.25) is 6.41 Å². The second-order valence-corrected chi connectivity index (χ2v) is 4.64.